The summed E-state index contributed by atoms with van der Waals surface area (Å²) in [4.78, 5) is 0. The molecule has 0 unspecified atom stereocenters. The van der Waals surface area contributed by atoms with Crippen LogP contribution in [0.4, 0.5) is 0 Å². The zero-order valence-corrected chi connectivity index (χ0v) is 7.95. The normalized spacial score (nSPS) is 11.7. The monoisotopic (exact) mass is 199 g/mol. The summed E-state index contributed by atoms with van der Waals surface area (Å²) >= 11 is 5.59. The molecule has 0 bridgehead atoms. The van der Waals surface area contributed by atoms with E-state index in [0.717, 1.165) is 5.56 Å². The fraction of sp³-hybridized carbons (Fsp3) is 0.222. The molecule has 1 rings (SSSR count). The van der Waals surface area contributed by atoms with Crippen LogP contribution in [0, 0.1) is 0 Å². The lowest BCUT2D eigenvalue weighted by Crippen LogP contribution is -1.92. The van der Waals surface area contributed by atoms with Crippen LogP contribution in [-0.2, 0) is 11.3 Å². The van der Waals surface area contributed by atoms with Crippen LogP contribution in [0.2, 0.25) is 0 Å². The van der Waals surface area contributed by atoms with Gasteiger partial charge in [0.1, 0.15) is 0 Å². The van der Waals surface area contributed by atoms with Gasteiger partial charge in [-0.1, -0.05) is 41.0 Å². The highest BCUT2D eigenvalue weighted by Crippen LogP contribution is 2.08. The van der Waals surface area contributed by atoms with Gasteiger partial charge in [0, 0.05) is 12.7 Å². The van der Waals surface area contributed by atoms with Gasteiger partial charge in [0.05, 0.1) is 6.61 Å². The van der Waals surface area contributed by atoms with Crippen LogP contribution in [0.15, 0.2) is 29.4 Å². The second-order valence-corrected chi connectivity index (χ2v) is 2.88. The highest BCUT2D eigenvalue weighted by Gasteiger charge is 1.99. The van der Waals surface area contributed by atoms with Crippen molar-refractivity contribution in [3.05, 3.63) is 35.4 Å². The summed E-state index contributed by atoms with van der Waals surface area (Å²) in [6.07, 6.45) is 0. The van der Waals surface area contributed by atoms with E-state index in [1.807, 2.05) is 12.1 Å². The van der Waals surface area contributed by atoms with Gasteiger partial charge in [0.15, 0.2) is 5.17 Å². The summed E-state index contributed by atoms with van der Waals surface area (Å²) in [7, 11) is 1.63. The van der Waals surface area contributed by atoms with Gasteiger partial charge in [0.25, 0.3) is 0 Å². The zero-order valence-electron chi connectivity index (χ0n) is 7.20. The smallest absolute Gasteiger partial charge is 0.175 e. The average Bonchev–Trinajstić information content (AvgIpc) is 2.18. The summed E-state index contributed by atoms with van der Waals surface area (Å²) < 4.78 is 4.94. The fourth-order valence-corrected chi connectivity index (χ4v) is 1.09. The Hall–Kier alpha value is -1.06. The minimum atomic E-state index is 0.0870. The Balaban J connectivity index is 2.81. The molecule has 0 fully saturated rings. The first-order chi connectivity index (χ1) is 6.27. The van der Waals surface area contributed by atoms with E-state index < -0.39 is 0 Å². The van der Waals surface area contributed by atoms with Crippen LogP contribution in [0.1, 0.15) is 11.1 Å². The van der Waals surface area contributed by atoms with Crippen LogP contribution < -0.4 is 0 Å². The van der Waals surface area contributed by atoms with Crippen molar-refractivity contribution in [2.24, 2.45) is 5.16 Å². The fourth-order valence-electron chi connectivity index (χ4n) is 0.963. The van der Waals surface area contributed by atoms with Gasteiger partial charge in [0.2, 0.25) is 0 Å². The lowest BCUT2D eigenvalue weighted by Gasteiger charge is -2.00. The molecule has 0 heterocycles. The Morgan fingerprint density at radius 2 is 2.08 bits per heavy atom. The molecule has 0 saturated carbocycles. The van der Waals surface area contributed by atoms with E-state index in [1.54, 1.807) is 19.2 Å². The quantitative estimate of drug-likeness (QED) is 0.461. The number of oxime groups is 1. The highest BCUT2D eigenvalue weighted by molar-refractivity contribution is 6.69. The van der Waals surface area contributed by atoms with Crippen molar-refractivity contribution in [3.63, 3.8) is 0 Å². The van der Waals surface area contributed by atoms with Crippen LogP contribution in [0.25, 0.3) is 0 Å². The molecule has 0 radical (unpaired) electrons. The molecule has 1 aromatic rings. The van der Waals surface area contributed by atoms with Crippen molar-refractivity contribution in [1.82, 2.24) is 0 Å². The van der Waals surface area contributed by atoms with Crippen molar-refractivity contribution in [1.29, 1.82) is 0 Å². The summed E-state index contributed by atoms with van der Waals surface area (Å²) in [6.45, 7) is 0.564. The molecular formula is C9H10ClNO2. The van der Waals surface area contributed by atoms with Crippen molar-refractivity contribution in [2.45, 2.75) is 6.61 Å². The molecule has 3 nitrogen and oxygen atoms in total. The maximum atomic E-state index is 8.39. The maximum Gasteiger partial charge on any atom is 0.175 e. The van der Waals surface area contributed by atoms with Gasteiger partial charge in [-0.2, -0.15) is 0 Å². The SMILES string of the molecule is COCc1ccc(/C(Cl)=N/O)cc1. The Bertz CT molecular complexity index is 295. The molecule has 0 aliphatic heterocycles. The number of hydrogen-bond donors (Lipinski definition) is 1. The van der Waals surface area contributed by atoms with Gasteiger partial charge in [-0.3, -0.25) is 0 Å². The molecule has 0 aliphatic rings. The van der Waals surface area contributed by atoms with E-state index in [4.69, 9.17) is 21.5 Å². The Morgan fingerprint density at radius 1 is 1.46 bits per heavy atom. The molecular weight excluding hydrogens is 190 g/mol. The zero-order chi connectivity index (χ0) is 9.68. The third-order valence-electron chi connectivity index (χ3n) is 1.59. The van der Waals surface area contributed by atoms with Crippen LogP contribution in [0.3, 0.4) is 0 Å². The number of rotatable bonds is 3. The molecule has 13 heavy (non-hydrogen) atoms. The number of methoxy groups -OCH3 is 1. The van der Waals surface area contributed by atoms with Gasteiger partial charge in [-0.05, 0) is 5.56 Å². The van der Waals surface area contributed by atoms with E-state index in [1.165, 1.54) is 0 Å². The van der Waals surface area contributed by atoms with Crippen molar-refractivity contribution < 1.29 is 9.94 Å². The van der Waals surface area contributed by atoms with E-state index in [0.29, 0.717) is 12.2 Å². The number of ether oxygens (including phenoxy) is 1. The first kappa shape index (κ1) is 10.0. The number of halogens is 1. The molecule has 4 heteroatoms. The molecule has 0 amide bonds. The van der Waals surface area contributed by atoms with E-state index >= 15 is 0 Å². The standard InChI is InChI=1S/C9H10ClNO2/c1-13-6-7-2-4-8(5-3-7)9(10)11-12/h2-5,12H,6H2,1H3/b11-9-. The minimum Gasteiger partial charge on any atom is -0.410 e. The molecule has 0 spiro atoms. The number of benzene rings is 1. The van der Waals surface area contributed by atoms with Gasteiger partial charge >= 0.3 is 0 Å². The van der Waals surface area contributed by atoms with Crippen LogP contribution >= 0.6 is 11.6 Å². The minimum absolute atomic E-state index is 0.0870. The van der Waals surface area contributed by atoms with Gasteiger partial charge in [-0.25, -0.2) is 0 Å². The first-order valence-electron chi connectivity index (χ1n) is 3.73. The molecule has 1 aromatic carbocycles. The van der Waals surface area contributed by atoms with Crippen LogP contribution in [0.5, 0.6) is 0 Å². The van der Waals surface area contributed by atoms with Crippen molar-refractivity contribution in [3.8, 4) is 0 Å². The second kappa shape index (κ2) is 4.84. The molecule has 70 valence electrons. The summed E-state index contributed by atoms with van der Waals surface area (Å²) in [6, 6.07) is 7.28. The van der Waals surface area contributed by atoms with Crippen molar-refractivity contribution in [2.75, 3.05) is 7.11 Å². The van der Waals surface area contributed by atoms with E-state index in [9.17, 15) is 0 Å². The molecule has 0 atom stereocenters. The summed E-state index contributed by atoms with van der Waals surface area (Å²) in [5.41, 5.74) is 1.73. The second-order valence-electron chi connectivity index (χ2n) is 2.52. The topological polar surface area (TPSA) is 41.8 Å². The Kier molecular flexibility index (Phi) is 3.73. The predicted molar refractivity (Wildman–Crippen MR) is 51.3 cm³/mol. The molecule has 0 saturated heterocycles. The van der Waals surface area contributed by atoms with Gasteiger partial charge < -0.3 is 9.94 Å². The predicted octanol–water partition coefficient (Wildman–Crippen LogP) is 2.21. The maximum absolute atomic E-state index is 8.39. The Labute approximate surface area is 81.6 Å². The summed E-state index contributed by atoms with van der Waals surface area (Å²) in [5, 5.41) is 11.4. The lowest BCUT2D eigenvalue weighted by molar-refractivity contribution is 0.185. The van der Waals surface area contributed by atoms with E-state index in [-0.39, 0.29) is 5.17 Å². The van der Waals surface area contributed by atoms with Crippen LogP contribution in [-0.4, -0.2) is 17.5 Å². The Morgan fingerprint density at radius 3 is 2.54 bits per heavy atom. The summed E-state index contributed by atoms with van der Waals surface area (Å²) in [5.74, 6) is 0. The molecule has 1 N–H and O–H groups in total. The lowest BCUT2D eigenvalue weighted by atomic mass is 10.1. The third kappa shape index (κ3) is 2.72. The molecule has 0 aromatic heterocycles. The van der Waals surface area contributed by atoms with E-state index in [2.05, 4.69) is 5.16 Å². The average molecular weight is 200 g/mol. The molecule has 0 aliphatic carbocycles. The number of nitrogens with zero attached hydrogens (tertiary/aromatic N) is 1. The van der Waals surface area contributed by atoms with Crippen molar-refractivity contribution >= 4 is 16.8 Å². The number of hydrogen-bond acceptors (Lipinski definition) is 3. The first-order valence-corrected chi connectivity index (χ1v) is 4.11. The highest BCUT2D eigenvalue weighted by atomic mass is 35.5. The van der Waals surface area contributed by atoms with Gasteiger partial charge in [-0.15, -0.1) is 0 Å². The third-order valence-corrected chi connectivity index (χ3v) is 1.88. The largest absolute Gasteiger partial charge is 0.410 e.